The maximum Gasteiger partial charge on any atom is 0.194 e. The highest BCUT2D eigenvalue weighted by molar-refractivity contribution is 8.03. The number of thioether (sulfide) groups is 1. The minimum absolute atomic E-state index is 0.0860. The van der Waals surface area contributed by atoms with Crippen molar-refractivity contribution in [1.82, 2.24) is 15.0 Å². The molecule has 6 heteroatoms. The maximum atomic E-state index is 14.4. The summed E-state index contributed by atoms with van der Waals surface area (Å²) in [7, 11) is 0. The number of nitrogens with one attached hydrogen (secondary N) is 1. The van der Waals surface area contributed by atoms with Crippen LogP contribution in [-0.4, -0.2) is 26.4 Å². The fourth-order valence-electron chi connectivity index (χ4n) is 7.91. The molecule has 0 bridgehead atoms. The number of Topliss-reactive ketones (excluding diaryl/α,β-unsaturated/α-hetero) is 1. The van der Waals surface area contributed by atoms with Crippen LogP contribution in [0, 0.1) is 11.3 Å². The topological polar surface area (TPSA) is 58.6 Å². The summed E-state index contributed by atoms with van der Waals surface area (Å²) >= 11 is 1.67. The van der Waals surface area contributed by atoms with Crippen LogP contribution in [0.1, 0.15) is 134 Å². The smallest absolute Gasteiger partial charge is 0.194 e. The second kappa shape index (κ2) is 13.2. The number of nitrogens with zero attached hydrogens (tertiary/aromatic N) is 2. The molecule has 0 aromatic carbocycles. The summed E-state index contributed by atoms with van der Waals surface area (Å²) in [6, 6.07) is 0. The van der Waals surface area contributed by atoms with Crippen molar-refractivity contribution in [3.05, 3.63) is 76.0 Å². The lowest BCUT2D eigenvalue weighted by atomic mass is 9.73. The highest BCUT2D eigenvalue weighted by Crippen LogP contribution is 2.51. The number of ketones is 1. The molecule has 2 saturated carbocycles. The number of H-pyrrole nitrogens is 1. The number of carbonyl (C=O) groups excluding carboxylic acids is 1. The number of aryl methyl sites for hydroxylation is 1. The van der Waals surface area contributed by atoms with Crippen LogP contribution in [0.2, 0.25) is 0 Å². The Labute approximate surface area is 273 Å². The zero-order valence-corrected chi connectivity index (χ0v) is 28.5. The van der Waals surface area contributed by atoms with E-state index in [0.717, 1.165) is 85.5 Å². The quantitative estimate of drug-likeness (QED) is 0.210. The molecule has 0 aliphatic heterocycles. The first kappa shape index (κ1) is 32.2. The van der Waals surface area contributed by atoms with Gasteiger partial charge in [0.1, 0.15) is 5.65 Å². The summed E-state index contributed by atoms with van der Waals surface area (Å²) in [6.45, 7) is 11.7. The molecule has 2 aromatic rings. The molecule has 45 heavy (non-hydrogen) atoms. The summed E-state index contributed by atoms with van der Waals surface area (Å²) in [4.78, 5) is 28.0. The molecular formula is C39H50FN3OS. The van der Waals surface area contributed by atoms with Gasteiger partial charge in [-0.3, -0.25) is 4.79 Å². The molecule has 0 radical (unpaired) electrons. The van der Waals surface area contributed by atoms with Crippen LogP contribution in [0.5, 0.6) is 0 Å². The summed E-state index contributed by atoms with van der Waals surface area (Å²) < 4.78 is 14.4. The number of allylic oxidation sites excluding steroid dienone is 8. The molecule has 4 nitrogen and oxygen atoms in total. The van der Waals surface area contributed by atoms with Gasteiger partial charge in [-0.25, -0.2) is 14.4 Å². The van der Waals surface area contributed by atoms with Crippen molar-refractivity contribution >= 4 is 28.6 Å². The SMILES string of the molecule is C=C1C=C(Sc2nc(C3CCCC(CC)(CCC(=O)C(C)(C)F)CC3)c3c(C4CC4)c(CC)[nH]c3n2)C=C2CC=CC=CCC12. The maximum absolute atomic E-state index is 14.4. The molecule has 240 valence electrons. The second-order valence-electron chi connectivity index (χ2n) is 14.4. The van der Waals surface area contributed by atoms with Crippen LogP contribution in [-0.2, 0) is 11.2 Å². The predicted molar refractivity (Wildman–Crippen MR) is 185 cm³/mol. The number of alkyl halides is 1. The minimum atomic E-state index is -1.76. The van der Waals surface area contributed by atoms with Crippen LogP contribution >= 0.6 is 11.8 Å². The second-order valence-corrected chi connectivity index (χ2v) is 15.5. The lowest BCUT2D eigenvalue weighted by molar-refractivity contribution is -0.129. The molecular weight excluding hydrogens is 578 g/mol. The molecule has 6 rings (SSSR count). The van der Waals surface area contributed by atoms with Gasteiger partial charge in [-0.2, -0.15) is 0 Å². The summed E-state index contributed by atoms with van der Waals surface area (Å²) in [5.74, 6) is 1.05. The fourth-order valence-corrected chi connectivity index (χ4v) is 8.82. The lowest BCUT2D eigenvalue weighted by Gasteiger charge is -2.32. The third-order valence-corrected chi connectivity index (χ3v) is 11.8. The monoisotopic (exact) mass is 627 g/mol. The average molecular weight is 628 g/mol. The van der Waals surface area contributed by atoms with E-state index in [2.05, 4.69) is 61.9 Å². The molecule has 4 aliphatic rings. The third kappa shape index (κ3) is 7.01. The van der Waals surface area contributed by atoms with E-state index < -0.39 is 5.67 Å². The number of aromatic nitrogens is 3. The molecule has 0 amide bonds. The summed E-state index contributed by atoms with van der Waals surface area (Å²) in [6.07, 6.45) is 26.2. The van der Waals surface area contributed by atoms with E-state index in [-0.39, 0.29) is 11.2 Å². The van der Waals surface area contributed by atoms with Crippen LogP contribution in [0.15, 0.2) is 64.2 Å². The van der Waals surface area contributed by atoms with Crippen molar-refractivity contribution in [2.24, 2.45) is 11.3 Å². The first-order chi connectivity index (χ1) is 21.6. The van der Waals surface area contributed by atoms with E-state index in [4.69, 9.17) is 9.97 Å². The first-order valence-corrected chi connectivity index (χ1v) is 18.2. The Morgan fingerprint density at radius 2 is 1.89 bits per heavy atom. The van der Waals surface area contributed by atoms with Gasteiger partial charge in [0, 0.05) is 34.2 Å². The van der Waals surface area contributed by atoms with Crippen molar-refractivity contribution in [1.29, 1.82) is 0 Å². The number of carbonyl (C=O) groups is 1. The van der Waals surface area contributed by atoms with Gasteiger partial charge in [-0.1, -0.05) is 63.1 Å². The van der Waals surface area contributed by atoms with E-state index in [1.165, 1.54) is 54.6 Å². The number of rotatable bonds is 10. The van der Waals surface area contributed by atoms with E-state index >= 15 is 0 Å². The molecule has 4 aliphatic carbocycles. The fraction of sp³-hybridized carbons (Fsp3) is 0.564. The van der Waals surface area contributed by atoms with Gasteiger partial charge in [-0.15, -0.1) is 0 Å². The van der Waals surface area contributed by atoms with Crippen molar-refractivity contribution < 1.29 is 9.18 Å². The van der Waals surface area contributed by atoms with E-state index in [0.29, 0.717) is 24.2 Å². The average Bonchev–Trinajstić information content (AvgIpc) is 3.79. The molecule has 3 atom stereocenters. The molecule has 0 saturated heterocycles. The van der Waals surface area contributed by atoms with Crippen LogP contribution in [0.4, 0.5) is 4.39 Å². The first-order valence-electron chi connectivity index (χ1n) is 17.4. The number of fused-ring (bicyclic) bond motifs is 2. The molecule has 2 aromatic heterocycles. The summed E-state index contributed by atoms with van der Waals surface area (Å²) in [5, 5.41) is 2.08. The zero-order valence-electron chi connectivity index (χ0n) is 27.7. The van der Waals surface area contributed by atoms with Crippen LogP contribution in [0.25, 0.3) is 11.0 Å². The van der Waals surface area contributed by atoms with Gasteiger partial charge in [0.15, 0.2) is 16.6 Å². The van der Waals surface area contributed by atoms with Gasteiger partial charge in [0.05, 0.1) is 5.69 Å². The number of halogens is 1. The van der Waals surface area contributed by atoms with E-state index in [9.17, 15) is 9.18 Å². The Morgan fingerprint density at radius 3 is 2.62 bits per heavy atom. The number of aromatic amines is 1. The third-order valence-electron chi connectivity index (χ3n) is 11.0. The Balaban J connectivity index is 1.32. The van der Waals surface area contributed by atoms with E-state index in [1.54, 1.807) is 11.8 Å². The largest absolute Gasteiger partial charge is 0.343 e. The van der Waals surface area contributed by atoms with Gasteiger partial charge < -0.3 is 4.98 Å². The van der Waals surface area contributed by atoms with Gasteiger partial charge in [-0.05, 0) is 124 Å². The van der Waals surface area contributed by atoms with Crippen LogP contribution in [0.3, 0.4) is 0 Å². The normalized spacial score (nSPS) is 25.8. The zero-order chi connectivity index (χ0) is 31.8. The van der Waals surface area contributed by atoms with Crippen molar-refractivity contribution in [3.63, 3.8) is 0 Å². The van der Waals surface area contributed by atoms with Crippen LogP contribution < -0.4 is 0 Å². The van der Waals surface area contributed by atoms with Crippen molar-refractivity contribution in [2.45, 2.75) is 134 Å². The molecule has 2 heterocycles. The Morgan fingerprint density at radius 1 is 1.09 bits per heavy atom. The minimum Gasteiger partial charge on any atom is -0.343 e. The summed E-state index contributed by atoms with van der Waals surface area (Å²) in [5.41, 5.74) is 5.89. The van der Waals surface area contributed by atoms with Gasteiger partial charge in [0.2, 0.25) is 0 Å². The lowest BCUT2D eigenvalue weighted by Crippen LogP contribution is -2.28. The van der Waals surface area contributed by atoms with Gasteiger partial charge in [0.25, 0.3) is 0 Å². The number of hydrogen-bond donors (Lipinski definition) is 1. The van der Waals surface area contributed by atoms with E-state index in [1.807, 2.05) is 0 Å². The Hall–Kier alpha value is -2.73. The molecule has 1 N–H and O–H groups in total. The Bertz CT molecular complexity index is 1580. The molecule has 2 fully saturated rings. The standard InChI is InChI=1S/C39H50FN3OS/c1-6-31-33(26-16-17-26)34-35(27-14-12-20-39(7-2,21-18-27)22-19-32(44)38(4,5)40)42-37(43-36(34)41-31)45-29-23-25(3)30-15-11-9-8-10-13-28(30)24-29/h8-11,23-24,26-27,30H,3,6-7,12-22H2,1-2,4-5H3,(H,41,42,43). The van der Waals surface area contributed by atoms with Crippen molar-refractivity contribution in [3.8, 4) is 0 Å². The van der Waals surface area contributed by atoms with Crippen molar-refractivity contribution in [2.75, 3.05) is 0 Å². The Kier molecular flexibility index (Phi) is 9.43. The predicted octanol–water partition coefficient (Wildman–Crippen LogP) is 10.9. The highest BCUT2D eigenvalue weighted by Gasteiger charge is 2.37. The van der Waals surface area contributed by atoms with Gasteiger partial charge >= 0.3 is 0 Å². The molecule has 0 spiro atoms. The highest BCUT2D eigenvalue weighted by atomic mass is 32.2. The number of hydrogen-bond acceptors (Lipinski definition) is 4. The molecule has 3 unspecified atom stereocenters.